The highest BCUT2D eigenvalue weighted by atomic mass is 16.5. The highest BCUT2D eigenvalue weighted by molar-refractivity contribution is 6.08. The molecular formula is C33H36N4O3. The molecule has 5 rings (SSSR count). The number of amides is 2. The maximum atomic E-state index is 13.5. The molecule has 0 spiro atoms. The highest BCUT2D eigenvalue weighted by Crippen LogP contribution is 2.26. The molecule has 0 saturated carbocycles. The summed E-state index contributed by atoms with van der Waals surface area (Å²) in [7, 11) is 0. The van der Waals surface area contributed by atoms with Crippen LogP contribution in [0.3, 0.4) is 0 Å². The number of carbonyl (C=O) groups excluding carboxylic acids is 2. The van der Waals surface area contributed by atoms with Gasteiger partial charge in [-0.15, -0.1) is 0 Å². The lowest BCUT2D eigenvalue weighted by Crippen LogP contribution is -2.48. The average molecular weight is 537 g/mol. The molecule has 3 aromatic carbocycles. The second-order valence-electron chi connectivity index (χ2n) is 10.4. The Morgan fingerprint density at radius 1 is 1.02 bits per heavy atom. The lowest BCUT2D eigenvalue weighted by Gasteiger charge is -2.20. The van der Waals surface area contributed by atoms with Gasteiger partial charge in [0.2, 0.25) is 5.91 Å². The molecule has 40 heavy (non-hydrogen) atoms. The number of nitrogens with one attached hydrogen (secondary N) is 2. The van der Waals surface area contributed by atoms with E-state index in [0.717, 1.165) is 54.7 Å². The molecule has 0 aliphatic carbocycles. The van der Waals surface area contributed by atoms with Crippen LogP contribution in [0.25, 0.3) is 22.2 Å². The fourth-order valence-electron chi connectivity index (χ4n) is 5.05. The summed E-state index contributed by atoms with van der Waals surface area (Å²) >= 11 is 0. The number of aromatic nitrogens is 1. The van der Waals surface area contributed by atoms with E-state index in [9.17, 15) is 9.59 Å². The topological polar surface area (TPSA) is 83.6 Å². The standard InChI is InChI=1S/C33H36N4O3/c1-3-19-40-27-15-13-25(14-16-27)31-20-29(28-11-7-8-12-30(28)36-31)33(39)34-23(2)32(38)35-26-17-18-37(22-26)21-24-9-5-4-6-10-24/h4-16,20,23,26H,3,17-19,21-22H2,1-2H3,(H,34,39)(H,35,38). The molecule has 7 nitrogen and oxygen atoms in total. The lowest BCUT2D eigenvalue weighted by atomic mass is 10.0. The summed E-state index contributed by atoms with van der Waals surface area (Å²) in [4.78, 5) is 33.6. The third-order valence-corrected chi connectivity index (χ3v) is 7.19. The van der Waals surface area contributed by atoms with E-state index < -0.39 is 6.04 Å². The van der Waals surface area contributed by atoms with Crippen LogP contribution in [0, 0.1) is 0 Å². The van der Waals surface area contributed by atoms with E-state index in [2.05, 4.69) is 34.6 Å². The van der Waals surface area contributed by atoms with Crippen LogP contribution in [0.1, 0.15) is 42.6 Å². The highest BCUT2D eigenvalue weighted by Gasteiger charge is 2.26. The van der Waals surface area contributed by atoms with Crippen LogP contribution in [-0.2, 0) is 11.3 Å². The molecule has 7 heteroatoms. The molecule has 2 unspecified atom stereocenters. The Hall–Kier alpha value is -4.23. The van der Waals surface area contributed by atoms with Crippen molar-refractivity contribution in [3.8, 4) is 17.0 Å². The number of nitrogens with zero attached hydrogens (tertiary/aromatic N) is 2. The molecule has 2 atom stereocenters. The van der Waals surface area contributed by atoms with Gasteiger partial charge >= 0.3 is 0 Å². The van der Waals surface area contributed by atoms with Crippen LogP contribution in [0.15, 0.2) is 84.9 Å². The first kappa shape index (κ1) is 27.3. The van der Waals surface area contributed by atoms with Crippen molar-refractivity contribution in [2.45, 2.75) is 45.3 Å². The van der Waals surface area contributed by atoms with E-state index in [1.165, 1.54) is 5.56 Å². The maximum absolute atomic E-state index is 13.5. The molecule has 1 aliphatic rings. The Bertz CT molecular complexity index is 1460. The van der Waals surface area contributed by atoms with Crippen molar-refractivity contribution in [1.82, 2.24) is 20.5 Å². The van der Waals surface area contributed by atoms with Crippen molar-refractivity contribution in [2.75, 3.05) is 19.7 Å². The quantitative estimate of drug-likeness (QED) is 0.291. The number of likely N-dealkylation sites (tertiary alicyclic amines) is 1. The number of ether oxygens (including phenoxy) is 1. The number of carbonyl (C=O) groups is 2. The van der Waals surface area contributed by atoms with Gasteiger partial charge in [0.05, 0.1) is 23.4 Å². The van der Waals surface area contributed by atoms with Crippen molar-refractivity contribution in [2.24, 2.45) is 0 Å². The van der Waals surface area contributed by atoms with Crippen LogP contribution in [-0.4, -0.2) is 53.5 Å². The molecule has 2 heterocycles. The lowest BCUT2D eigenvalue weighted by molar-refractivity contribution is -0.123. The third kappa shape index (κ3) is 6.66. The summed E-state index contributed by atoms with van der Waals surface area (Å²) in [5.41, 5.74) is 4.04. The van der Waals surface area contributed by atoms with E-state index >= 15 is 0 Å². The Morgan fingerprint density at radius 2 is 1.77 bits per heavy atom. The molecule has 4 aromatic rings. The minimum Gasteiger partial charge on any atom is -0.494 e. The summed E-state index contributed by atoms with van der Waals surface area (Å²) < 4.78 is 5.70. The van der Waals surface area contributed by atoms with Crippen molar-refractivity contribution in [1.29, 1.82) is 0 Å². The SMILES string of the molecule is CCCOc1ccc(-c2cc(C(=O)NC(C)C(=O)NC3CCN(Cc4ccccc4)C3)c3ccccc3n2)cc1. The first-order valence-electron chi connectivity index (χ1n) is 14.0. The van der Waals surface area contributed by atoms with E-state index in [-0.39, 0.29) is 17.9 Å². The van der Waals surface area contributed by atoms with Crippen molar-refractivity contribution in [3.63, 3.8) is 0 Å². The van der Waals surface area contributed by atoms with E-state index in [4.69, 9.17) is 9.72 Å². The van der Waals surface area contributed by atoms with Crippen LogP contribution < -0.4 is 15.4 Å². The normalized spacial score (nSPS) is 16.0. The van der Waals surface area contributed by atoms with Gasteiger partial charge in [0.1, 0.15) is 11.8 Å². The fraction of sp³-hybridized carbons (Fsp3) is 0.303. The Balaban J connectivity index is 1.25. The zero-order valence-electron chi connectivity index (χ0n) is 23.1. The molecule has 1 fully saturated rings. The number of benzene rings is 3. The first-order chi connectivity index (χ1) is 19.5. The van der Waals surface area contributed by atoms with Gasteiger partial charge in [-0.25, -0.2) is 4.98 Å². The predicted molar refractivity (Wildman–Crippen MR) is 158 cm³/mol. The second kappa shape index (κ2) is 12.7. The number of rotatable bonds is 10. The average Bonchev–Trinajstić information content (AvgIpc) is 3.42. The van der Waals surface area contributed by atoms with E-state index in [0.29, 0.717) is 17.9 Å². The van der Waals surface area contributed by atoms with Crippen molar-refractivity contribution < 1.29 is 14.3 Å². The predicted octanol–water partition coefficient (Wildman–Crippen LogP) is 5.20. The minimum absolute atomic E-state index is 0.0631. The van der Waals surface area contributed by atoms with Gasteiger partial charge < -0.3 is 15.4 Å². The largest absolute Gasteiger partial charge is 0.494 e. The maximum Gasteiger partial charge on any atom is 0.252 e. The van der Waals surface area contributed by atoms with Gasteiger partial charge in [-0.2, -0.15) is 0 Å². The van der Waals surface area contributed by atoms with Gasteiger partial charge in [0, 0.05) is 36.6 Å². The number of fused-ring (bicyclic) bond motifs is 1. The number of hydrogen-bond acceptors (Lipinski definition) is 5. The number of para-hydroxylation sites is 1. The van der Waals surface area contributed by atoms with Gasteiger partial charge in [-0.3, -0.25) is 14.5 Å². The molecule has 2 amide bonds. The van der Waals surface area contributed by atoms with E-state index in [1.54, 1.807) is 13.0 Å². The molecule has 2 N–H and O–H groups in total. The fourth-order valence-corrected chi connectivity index (χ4v) is 5.05. The van der Waals surface area contributed by atoms with Crippen molar-refractivity contribution in [3.05, 3.63) is 96.1 Å². The molecule has 1 saturated heterocycles. The molecular weight excluding hydrogens is 500 g/mol. The number of pyridine rings is 1. The van der Waals surface area contributed by atoms with Gasteiger partial charge in [-0.1, -0.05) is 55.5 Å². The zero-order valence-corrected chi connectivity index (χ0v) is 23.1. The number of hydrogen-bond donors (Lipinski definition) is 2. The summed E-state index contributed by atoms with van der Waals surface area (Å²) in [5, 5.41) is 6.78. The first-order valence-corrected chi connectivity index (χ1v) is 14.0. The second-order valence-corrected chi connectivity index (χ2v) is 10.4. The Kier molecular flexibility index (Phi) is 8.71. The molecule has 0 bridgehead atoms. The summed E-state index contributed by atoms with van der Waals surface area (Å²) in [5.74, 6) is 0.318. The third-order valence-electron chi connectivity index (χ3n) is 7.19. The molecule has 1 aliphatic heterocycles. The van der Waals surface area contributed by atoms with Crippen molar-refractivity contribution >= 4 is 22.7 Å². The van der Waals surface area contributed by atoms with Crippen LogP contribution >= 0.6 is 0 Å². The van der Waals surface area contributed by atoms with Gasteiger partial charge in [-0.05, 0) is 61.7 Å². The molecule has 206 valence electrons. The van der Waals surface area contributed by atoms with E-state index in [1.807, 2.05) is 66.7 Å². The van der Waals surface area contributed by atoms with Crippen LogP contribution in [0.2, 0.25) is 0 Å². The monoisotopic (exact) mass is 536 g/mol. The minimum atomic E-state index is -0.680. The summed E-state index contributed by atoms with van der Waals surface area (Å²) in [6.07, 6.45) is 1.83. The molecule has 0 radical (unpaired) electrons. The van der Waals surface area contributed by atoms with Gasteiger partial charge in [0.25, 0.3) is 5.91 Å². The smallest absolute Gasteiger partial charge is 0.252 e. The van der Waals surface area contributed by atoms with Gasteiger partial charge in [0.15, 0.2) is 0 Å². The Morgan fingerprint density at radius 3 is 2.55 bits per heavy atom. The Labute approximate surface area is 235 Å². The van der Waals surface area contributed by atoms with Crippen LogP contribution in [0.4, 0.5) is 0 Å². The molecule has 1 aromatic heterocycles. The van der Waals surface area contributed by atoms with Crippen LogP contribution in [0.5, 0.6) is 5.75 Å². The zero-order chi connectivity index (χ0) is 27.9. The summed E-state index contributed by atoms with van der Waals surface area (Å²) in [6.45, 7) is 7.05. The summed E-state index contributed by atoms with van der Waals surface area (Å²) in [6, 6.07) is 26.8.